The van der Waals surface area contributed by atoms with Crippen LogP contribution >= 0.6 is 0 Å². The number of aromatic hydroxyl groups is 1. The molecule has 1 rings (SSSR count). The van der Waals surface area contributed by atoms with Gasteiger partial charge in [-0.3, -0.25) is 9.59 Å². The van der Waals surface area contributed by atoms with Crippen LogP contribution in [0.15, 0.2) is 36.9 Å². The number of carbonyl (C=O) groups is 3. The van der Waals surface area contributed by atoms with Gasteiger partial charge in [-0.2, -0.15) is 0 Å². The molecule has 0 spiro atoms. The average Bonchev–Trinajstić information content (AvgIpc) is 2.65. The molecule has 172 valence electrons. The van der Waals surface area contributed by atoms with Crippen LogP contribution in [0.2, 0.25) is 0 Å². The van der Waals surface area contributed by atoms with Crippen LogP contribution in [0.4, 0.5) is 4.79 Å². The van der Waals surface area contributed by atoms with Crippen LogP contribution < -0.4 is 10.6 Å². The molecule has 0 fully saturated rings. The number of amides is 3. The fourth-order valence-electron chi connectivity index (χ4n) is 2.91. The Hall–Kier alpha value is -3.03. The lowest BCUT2D eigenvalue weighted by Gasteiger charge is -2.33. The minimum absolute atomic E-state index is 0.0187. The Balaban J connectivity index is 3.19. The van der Waals surface area contributed by atoms with E-state index in [4.69, 9.17) is 4.74 Å². The molecule has 0 saturated heterocycles. The fraction of sp³-hybridized carbons (Fsp3) is 0.522. The first-order chi connectivity index (χ1) is 14.5. The highest BCUT2D eigenvalue weighted by atomic mass is 16.6. The van der Waals surface area contributed by atoms with Crippen LogP contribution in [0.5, 0.6) is 5.75 Å². The molecule has 0 radical (unpaired) electrons. The molecule has 0 aromatic heterocycles. The lowest BCUT2D eigenvalue weighted by molar-refractivity contribution is -0.141. The highest BCUT2D eigenvalue weighted by Crippen LogP contribution is 2.25. The van der Waals surface area contributed by atoms with Gasteiger partial charge in [0.15, 0.2) is 0 Å². The monoisotopic (exact) mass is 433 g/mol. The highest BCUT2D eigenvalue weighted by molar-refractivity contribution is 5.92. The smallest absolute Gasteiger partial charge is 0.408 e. The first-order valence-corrected chi connectivity index (χ1v) is 10.5. The van der Waals surface area contributed by atoms with Crippen molar-refractivity contribution in [3.05, 3.63) is 42.5 Å². The molecule has 8 heteroatoms. The summed E-state index contributed by atoms with van der Waals surface area (Å²) >= 11 is 0. The van der Waals surface area contributed by atoms with Crippen LogP contribution in [-0.4, -0.2) is 52.6 Å². The van der Waals surface area contributed by atoms with Crippen molar-refractivity contribution in [2.45, 2.75) is 65.1 Å². The Labute approximate surface area is 184 Å². The van der Waals surface area contributed by atoms with E-state index in [0.717, 1.165) is 12.8 Å². The standard InChI is InChI=1S/C23H35N3O5/c1-7-9-13-24-20(28)19(17-11-10-12-18(27)15-17)26(14-8-2)21(29)16(3)25-22(30)31-23(4,5)6/h8,10-12,15-16,19,27H,2,7,9,13-14H2,1,3-6H3,(H,24,28)(H,25,30). The maximum absolute atomic E-state index is 13.2. The lowest BCUT2D eigenvalue weighted by atomic mass is 10.0. The van der Waals surface area contributed by atoms with Gasteiger partial charge in [-0.05, 0) is 51.8 Å². The van der Waals surface area contributed by atoms with Crippen molar-refractivity contribution >= 4 is 17.9 Å². The minimum Gasteiger partial charge on any atom is -0.508 e. The topological polar surface area (TPSA) is 108 Å². The molecule has 8 nitrogen and oxygen atoms in total. The third-order valence-electron chi connectivity index (χ3n) is 4.29. The van der Waals surface area contributed by atoms with E-state index in [0.29, 0.717) is 12.1 Å². The maximum atomic E-state index is 13.2. The number of alkyl carbamates (subject to hydrolysis) is 1. The first kappa shape index (κ1) is 26.0. The molecule has 0 saturated carbocycles. The number of nitrogens with one attached hydrogen (secondary N) is 2. The third-order valence-corrected chi connectivity index (χ3v) is 4.29. The molecular weight excluding hydrogens is 398 g/mol. The number of hydrogen-bond acceptors (Lipinski definition) is 5. The Morgan fingerprint density at radius 2 is 1.97 bits per heavy atom. The Kier molecular flexibility index (Phi) is 10.0. The molecule has 2 unspecified atom stereocenters. The number of phenolic OH excluding ortho intramolecular Hbond substituents is 1. The van der Waals surface area contributed by atoms with E-state index in [1.165, 1.54) is 30.0 Å². The zero-order chi connectivity index (χ0) is 23.6. The summed E-state index contributed by atoms with van der Waals surface area (Å²) in [5.41, 5.74) is -0.259. The molecule has 0 aliphatic carbocycles. The van der Waals surface area contributed by atoms with Gasteiger partial charge in [0.05, 0.1) is 0 Å². The predicted molar refractivity (Wildman–Crippen MR) is 120 cm³/mol. The normalized spacial score (nSPS) is 12.9. The van der Waals surface area contributed by atoms with Gasteiger partial charge in [-0.25, -0.2) is 4.79 Å². The minimum atomic E-state index is -1.00. The summed E-state index contributed by atoms with van der Waals surface area (Å²) in [5.74, 6) is -0.877. The SMILES string of the molecule is C=CCN(C(=O)C(C)NC(=O)OC(C)(C)C)C(C(=O)NCCCC)c1cccc(O)c1. The summed E-state index contributed by atoms with van der Waals surface area (Å²) in [6, 6.07) is 4.26. The summed E-state index contributed by atoms with van der Waals surface area (Å²) in [7, 11) is 0. The Morgan fingerprint density at radius 1 is 1.29 bits per heavy atom. The number of phenols is 1. The van der Waals surface area contributed by atoms with E-state index >= 15 is 0 Å². The quantitative estimate of drug-likeness (QED) is 0.388. The molecule has 0 aliphatic heterocycles. The van der Waals surface area contributed by atoms with Gasteiger partial charge in [-0.15, -0.1) is 6.58 Å². The van der Waals surface area contributed by atoms with Crippen molar-refractivity contribution in [1.29, 1.82) is 0 Å². The Bertz CT molecular complexity index is 773. The van der Waals surface area contributed by atoms with Crippen LogP contribution in [-0.2, 0) is 14.3 Å². The largest absolute Gasteiger partial charge is 0.508 e. The number of unbranched alkanes of at least 4 members (excludes halogenated alkanes) is 1. The first-order valence-electron chi connectivity index (χ1n) is 10.5. The van der Waals surface area contributed by atoms with Crippen molar-refractivity contribution in [2.75, 3.05) is 13.1 Å². The van der Waals surface area contributed by atoms with Crippen molar-refractivity contribution < 1.29 is 24.2 Å². The van der Waals surface area contributed by atoms with Crippen LogP contribution in [0.25, 0.3) is 0 Å². The number of ether oxygens (including phenoxy) is 1. The molecule has 1 aromatic rings. The van der Waals surface area contributed by atoms with E-state index in [-0.39, 0.29) is 18.2 Å². The second-order valence-corrected chi connectivity index (χ2v) is 8.29. The molecule has 0 heterocycles. The molecule has 3 N–H and O–H groups in total. The van der Waals surface area contributed by atoms with Gasteiger partial charge >= 0.3 is 6.09 Å². The van der Waals surface area contributed by atoms with Gasteiger partial charge in [0.2, 0.25) is 11.8 Å². The van der Waals surface area contributed by atoms with Crippen molar-refractivity contribution in [3.8, 4) is 5.75 Å². The van der Waals surface area contributed by atoms with E-state index in [9.17, 15) is 19.5 Å². The molecule has 0 aliphatic rings. The summed E-state index contributed by atoms with van der Waals surface area (Å²) in [6.45, 7) is 12.9. The average molecular weight is 434 g/mol. The number of carbonyl (C=O) groups excluding carboxylic acids is 3. The number of hydrogen-bond donors (Lipinski definition) is 3. The van der Waals surface area contributed by atoms with Gasteiger partial charge in [0.25, 0.3) is 0 Å². The van der Waals surface area contributed by atoms with Crippen LogP contribution in [0, 0.1) is 0 Å². The predicted octanol–water partition coefficient (Wildman–Crippen LogP) is 3.28. The summed E-state index contributed by atoms with van der Waals surface area (Å²) in [4.78, 5) is 39.7. The highest BCUT2D eigenvalue weighted by Gasteiger charge is 2.34. The molecule has 31 heavy (non-hydrogen) atoms. The van der Waals surface area contributed by atoms with E-state index in [2.05, 4.69) is 17.2 Å². The van der Waals surface area contributed by atoms with E-state index in [1.54, 1.807) is 32.9 Å². The van der Waals surface area contributed by atoms with Crippen molar-refractivity contribution in [1.82, 2.24) is 15.5 Å². The molecule has 2 atom stereocenters. The summed E-state index contributed by atoms with van der Waals surface area (Å²) < 4.78 is 5.22. The zero-order valence-corrected chi connectivity index (χ0v) is 19.1. The van der Waals surface area contributed by atoms with Crippen LogP contribution in [0.1, 0.15) is 59.1 Å². The van der Waals surface area contributed by atoms with Crippen molar-refractivity contribution in [2.24, 2.45) is 0 Å². The molecule has 1 aromatic carbocycles. The lowest BCUT2D eigenvalue weighted by Crippen LogP contribution is -2.52. The van der Waals surface area contributed by atoms with Gasteiger partial charge in [-0.1, -0.05) is 31.6 Å². The van der Waals surface area contributed by atoms with Gasteiger partial charge in [0, 0.05) is 13.1 Å². The van der Waals surface area contributed by atoms with E-state index < -0.39 is 29.7 Å². The summed E-state index contributed by atoms with van der Waals surface area (Å²) in [5, 5.41) is 15.3. The second kappa shape index (κ2) is 12.0. The maximum Gasteiger partial charge on any atom is 0.408 e. The molecular formula is C23H35N3O5. The summed E-state index contributed by atoms with van der Waals surface area (Å²) in [6.07, 6.45) is 2.48. The number of nitrogens with zero attached hydrogens (tertiary/aromatic N) is 1. The fourth-order valence-corrected chi connectivity index (χ4v) is 2.91. The Morgan fingerprint density at radius 3 is 2.52 bits per heavy atom. The second-order valence-electron chi connectivity index (χ2n) is 8.29. The zero-order valence-electron chi connectivity index (χ0n) is 19.1. The van der Waals surface area contributed by atoms with Gasteiger partial charge < -0.3 is 25.4 Å². The third kappa shape index (κ3) is 8.70. The number of benzene rings is 1. The molecule has 3 amide bonds. The van der Waals surface area contributed by atoms with Gasteiger partial charge in [0.1, 0.15) is 23.4 Å². The van der Waals surface area contributed by atoms with Crippen molar-refractivity contribution in [3.63, 3.8) is 0 Å². The molecule has 0 bridgehead atoms. The van der Waals surface area contributed by atoms with E-state index in [1.807, 2.05) is 6.92 Å². The number of rotatable bonds is 10. The van der Waals surface area contributed by atoms with Crippen LogP contribution in [0.3, 0.4) is 0 Å².